The monoisotopic (exact) mass is 573 g/mol. The quantitative estimate of drug-likeness (QED) is 0.165. The van der Waals surface area contributed by atoms with Gasteiger partial charge in [-0.05, 0) is 42.5 Å². The largest absolute Gasteiger partial charge is 0.445 e. The summed E-state index contributed by atoms with van der Waals surface area (Å²) in [4.78, 5) is 51.8. The van der Waals surface area contributed by atoms with Crippen molar-refractivity contribution in [2.45, 2.75) is 56.8 Å². The molecule has 0 aromatic heterocycles. The van der Waals surface area contributed by atoms with E-state index >= 15 is 0 Å². The van der Waals surface area contributed by atoms with Crippen LogP contribution < -0.4 is 27.4 Å². The number of unbranched alkanes of at least 4 members (excludes halogenated alkanes) is 1. The summed E-state index contributed by atoms with van der Waals surface area (Å²) in [6.45, 7) is 0.486. The number of nitrogens with one attached hydrogen (secondary N) is 3. The van der Waals surface area contributed by atoms with E-state index in [9.17, 15) is 19.2 Å². The van der Waals surface area contributed by atoms with Gasteiger partial charge in [-0.3, -0.25) is 14.4 Å². The minimum atomic E-state index is -1.04. The highest BCUT2D eigenvalue weighted by molar-refractivity contribution is 5.93. The lowest BCUT2D eigenvalue weighted by molar-refractivity contribution is -0.132. The number of ether oxygens (including phenoxy) is 1. The zero-order chi connectivity index (χ0) is 30.2. The fraction of sp³-hybridized carbons (Fsp3) is 0.312. The molecular weight excluding hydrogens is 534 g/mol. The van der Waals surface area contributed by atoms with Gasteiger partial charge in [-0.2, -0.15) is 0 Å². The van der Waals surface area contributed by atoms with Gasteiger partial charge in [0.1, 0.15) is 24.7 Å². The van der Waals surface area contributed by atoms with E-state index in [1.165, 1.54) is 0 Å². The predicted molar refractivity (Wildman–Crippen MR) is 160 cm³/mol. The number of amides is 4. The standard InChI is InChI=1S/C32H39N5O5/c33-19-11-10-18-26(29(34)38)35-30(39)27(20-23-12-4-1-5-13-23)36-31(40)28(21-24-14-6-2-7-15-24)37-32(41)42-22-25-16-8-3-9-17-25/h1-9,12-17,26-28H,10-11,18-22,33H2,(H2,34,38)(H,35,39)(H,36,40)(H,37,41)/t26-,27-,28-/m0/s1. The Morgan fingerprint density at radius 1 is 0.619 bits per heavy atom. The second kappa shape index (κ2) is 17.2. The second-order valence-corrected chi connectivity index (χ2v) is 9.95. The topological polar surface area (TPSA) is 166 Å². The minimum Gasteiger partial charge on any atom is -0.445 e. The van der Waals surface area contributed by atoms with Crippen LogP contribution in [0.15, 0.2) is 91.0 Å². The van der Waals surface area contributed by atoms with Crippen LogP contribution in [0.2, 0.25) is 0 Å². The lowest BCUT2D eigenvalue weighted by Gasteiger charge is -2.25. The Morgan fingerprint density at radius 2 is 1.07 bits per heavy atom. The van der Waals surface area contributed by atoms with Gasteiger partial charge in [0.05, 0.1) is 0 Å². The molecule has 7 N–H and O–H groups in total. The third kappa shape index (κ3) is 11.1. The number of primary amides is 1. The number of alkyl carbamates (subject to hydrolysis) is 1. The van der Waals surface area contributed by atoms with Crippen molar-refractivity contribution in [3.8, 4) is 0 Å². The Bertz CT molecular complexity index is 1270. The number of benzene rings is 3. The summed E-state index contributed by atoms with van der Waals surface area (Å²) in [6.07, 6.45) is 1.16. The third-order valence-electron chi connectivity index (χ3n) is 6.63. The Morgan fingerprint density at radius 3 is 1.55 bits per heavy atom. The fourth-order valence-electron chi connectivity index (χ4n) is 4.35. The van der Waals surface area contributed by atoms with Crippen molar-refractivity contribution in [2.24, 2.45) is 11.5 Å². The Hall–Kier alpha value is -4.70. The molecule has 3 rings (SSSR count). The van der Waals surface area contributed by atoms with Crippen molar-refractivity contribution in [3.63, 3.8) is 0 Å². The molecule has 0 spiro atoms. The molecule has 0 unspecified atom stereocenters. The first-order chi connectivity index (χ1) is 20.4. The predicted octanol–water partition coefficient (Wildman–Crippen LogP) is 2.35. The molecular formula is C32H39N5O5. The molecule has 222 valence electrons. The summed E-state index contributed by atoms with van der Waals surface area (Å²) < 4.78 is 5.35. The third-order valence-corrected chi connectivity index (χ3v) is 6.63. The highest BCUT2D eigenvalue weighted by atomic mass is 16.5. The van der Waals surface area contributed by atoms with Crippen LogP contribution in [0, 0.1) is 0 Å². The number of rotatable bonds is 16. The number of hydrogen-bond donors (Lipinski definition) is 5. The SMILES string of the molecule is NCCCC[C@H](NC(=O)[C@H](Cc1ccccc1)NC(=O)[C@H](Cc1ccccc1)NC(=O)OCc1ccccc1)C(N)=O. The average molecular weight is 574 g/mol. The number of hydrogen-bond acceptors (Lipinski definition) is 6. The van der Waals surface area contributed by atoms with Crippen LogP contribution in [0.1, 0.15) is 36.0 Å². The molecule has 0 bridgehead atoms. The highest BCUT2D eigenvalue weighted by Crippen LogP contribution is 2.09. The van der Waals surface area contributed by atoms with E-state index in [2.05, 4.69) is 16.0 Å². The number of carbonyl (C=O) groups excluding carboxylic acids is 4. The molecule has 0 aliphatic rings. The molecule has 0 radical (unpaired) electrons. The van der Waals surface area contributed by atoms with Crippen LogP contribution in [0.4, 0.5) is 4.79 Å². The van der Waals surface area contributed by atoms with Crippen molar-refractivity contribution < 1.29 is 23.9 Å². The smallest absolute Gasteiger partial charge is 0.408 e. The molecule has 3 aromatic carbocycles. The molecule has 42 heavy (non-hydrogen) atoms. The van der Waals surface area contributed by atoms with Gasteiger partial charge in [-0.25, -0.2) is 4.79 Å². The molecule has 0 saturated carbocycles. The first-order valence-corrected chi connectivity index (χ1v) is 14.0. The van der Waals surface area contributed by atoms with Crippen molar-refractivity contribution in [1.82, 2.24) is 16.0 Å². The van der Waals surface area contributed by atoms with Crippen LogP contribution in [-0.4, -0.2) is 48.5 Å². The van der Waals surface area contributed by atoms with Crippen molar-refractivity contribution in [3.05, 3.63) is 108 Å². The van der Waals surface area contributed by atoms with E-state index in [1.54, 1.807) is 0 Å². The van der Waals surface area contributed by atoms with E-state index in [4.69, 9.17) is 16.2 Å². The Kier molecular flexibility index (Phi) is 13.0. The van der Waals surface area contributed by atoms with Gasteiger partial charge in [0, 0.05) is 12.8 Å². The van der Waals surface area contributed by atoms with E-state index in [1.807, 2.05) is 91.0 Å². The summed E-state index contributed by atoms with van der Waals surface area (Å²) in [7, 11) is 0. The highest BCUT2D eigenvalue weighted by Gasteiger charge is 2.29. The minimum absolute atomic E-state index is 0.0318. The van der Waals surface area contributed by atoms with Crippen molar-refractivity contribution >= 4 is 23.8 Å². The molecule has 10 nitrogen and oxygen atoms in total. The zero-order valence-corrected chi connectivity index (χ0v) is 23.5. The van der Waals surface area contributed by atoms with Gasteiger partial charge in [-0.1, -0.05) is 91.0 Å². The van der Waals surface area contributed by atoms with Gasteiger partial charge in [-0.15, -0.1) is 0 Å². The summed E-state index contributed by atoms with van der Waals surface area (Å²) in [5, 5.41) is 8.12. The number of nitrogens with two attached hydrogens (primary N) is 2. The normalized spacial score (nSPS) is 12.8. The molecule has 0 aliphatic carbocycles. The van der Waals surface area contributed by atoms with E-state index in [0.29, 0.717) is 25.8 Å². The van der Waals surface area contributed by atoms with Crippen LogP contribution in [0.25, 0.3) is 0 Å². The van der Waals surface area contributed by atoms with Crippen LogP contribution >= 0.6 is 0 Å². The van der Waals surface area contributed by atoms with E-state index < -0.39 is 41.9 Å². The van der Waals surface area contributed by atoms with Gasteiger partial charge >= 0.3 is 6.09 Å². The Labute approximate surface area is 246 Å². The second-order valence-electron chi connectivity index (χ2n) is 9.95. The van der Waals surface area contributed by atoms with Gasteiger partial charge in [0.2, 0.25) is 17.7 Å². The molecule has 0 saturated heterocycles. The maximum absolute atomic E-state index is 13.6. The van der Waals surface area contributed by atoms with Gasteiger partial charge < -0.3 is 32.2 Å². The average Bonchev–Trinajstić information content (AvgIpc) is 3.00. The van der Waals surface area contributed by atoms with Crippen LogP contribution in [0.5, 0.6) is 0 Å². The maximum Gasteiger partial charge on any atom is 0.408 e. The first kappa shape index (κ1) is 31.8. The maximum atomic E-state index is 13.6. The molecule has 0 fully saturated rings. The van der Waals surface area contributed by atoms with E-state index in [-0.39, 0.29) is 19.4 Å². The summed E-state index contributed by atoms with van der Waals surface area (Å²) in [5.41, 5.74) is 13.5. The summed E-state index contributed by atoms with van der Waals surface area (Å²) in [5.74, 6) is -1.81. The van der Waals surface area contributed by atoms with Crippen molar-refractivity contribution in [1.29, 1.82) is 0 Å². The molecule has 4 amide bonds. The van der Waals surface area contributed by atoms with Crippen LogP contribution in [0.3, 0.4) is 0 Å². The summed E-state index contributed by atoms with van der Waals surface area (Å²) >= 11 is 0. The zero-order valence-electron chi connectivity index (χ0n) is 23.5. The lowest BCUT2D eigenvalue weighted by Crippen LogP contribution is -2.57. The van der Waals surface area contributed by atoms with Crippen molar-refractivity contribution in [2.75, 3.05) is 6.54 Å². The van der Waals surface area contributed by atoms with Gasteiger partial charge in [0.15, 0.2) is 0 Å². The first-order valence-electron chi connectivity index (χ1n) is 14.0. The Balaban J connectivity index is 1.77. The lowest BCUT2D eigenvalue weighted by atomic mass is 10.0. The van der Waals surface area contributed by atoms with Gasteiger partial charge in [0.25, 0.3) is 0 Å². The molecule has 3 aromatic rings. The molecule has 10 heteroatoms. The molecule has 0 aliphatic heterocycles. The molecule has 3 atom stereocenters. The fourth-order valence-corrected chi connectivity index (χ4v) is 4.35. The molecule has 0 heterocycles. The summed E-state index contributed by atoms with van der Waals surface area (Å²) in [6, 6.07) is 24.5. The van der Waals surface area contributed by atoms with E-state index in [0.717, 1.165) is 16.7 Å². The van der Waals surface area contributed by atoms with Crippen LogP contribution in [-0.2, 0) is 38.6 Å². The number of carbonyl (C=O) groups is 4.